The molecule has 0 spiro atoms. The first-order valence-electron chi connectivity index (χ1n) is 9.73. The van der Waals surface area contributed by atoms with Crippen molar-refractivity contribution in [2.75, 3.05) is 13.2 Å². The maximum atomic E-state index is 11.6. The molecule has 3 heteroatoms. The minimum absolute atomic E-state index is 0.318. The van der Waals surface area contributed by atoms with Gasteiger partial charge in [-0.25, -0.2) is 4.79 Å². The fraction of sp³-hybridized carbons (Fsp3) is 0.320. The van der Waals surface area contributed by atoms with Gasteiger partial charge in [0, 0.05) is 12.8 Å². The summed E-state index contributed by atoms with van der Waals surface area (Å²) in [6.45, 7) is 9.03. The molecule has 0 amide bonds. The zero-order valence-corrected chi connectivity index (χ0v) is 17.3. The normalized spacial score (nSPS) is 11.3. The van der Waals surface area contributed by atoms with E-state index in [1.165, 1.54) is 22.3 Å². The second kappa shape index (κ2) is 11.1. The summed E-state index contributed by atoms with van der Waals surface area (Å²) < 4.78 is 10.2. The number of benzene rings is 2. The molecule has 2 aromatic rings. The summed E-state index contributed by atoms with van der Waals surface area (Å²) in [5.74, 6) is 0. The van der Waals surface area contributed by atoms with Crippen LogP contribution in [0.2, 0.25) is 0 Å². The number of hydrogen-bond donors (Lipinski definition) is 0. The van der Waals surface area contributed by atoms with Gasteiger partial charge in [-0.1, -0.05) is 60.7 Å². The Morgan fingerprint density at radius 2 is 1.14 bits per heavy atom. The van der Waals surface area contributed by atoms with Gasteiger partial charge < -0.3 is 9.47 Å². The number of aryl methyl sites for hydroxylation is 4. The number of ether oxygens (including phenoxy) is 2. The van der Waals surface area contributed by atoms with E-state index < -0.39 is 6.16 Å². The number of carbonyl (C=O) groups excluding carboxylic acids is 1. The van der Waals surface area contributed by atoms with Crippen LogP contribution < -0.4 is 0 Å². The fourth-order valence-electron chi connectivity index (χ4n) is 2.64. The first-order chi connectivity index (χ1) is 13.5. The number of hydrogen-bond acceptors (Lipinski definition) is 3. The highest BCUT2D eigenvalue weighted by atomic mass is 16.7. The van der Waals surface area contributed by atoms with Crippen LogP contribution in [0.1, 0.15) is 46.2 Å². The predicted octanol–water partition coefficient (Wildman–Crippen LogP) is 6.58. The second-order valence-electron chi connectivity index (χ2n) is 7.02. The molecule has 2 rings (SSSR count). The Morgan fingerprint density at radius 1 is 0.714 bits per heavy atom. The zero-order chi connectivity index (χ0) is 20.4. The molecule has 0 bridgehead atoms. The minimum atomic E-state index is -0.612. The lowest BCUT2D eigenvalue weighted by atomic mass is 10.1. The van der Waals surface area contributed by atoms with Crippen molar-refractivity contribution in [3.05, 3.63) is 81.9 Å². The van der Waals surface area contributed by atoms with Gasteiger partial charge in [0.25, 0.3) is 0 Å². The fourth-order valence-corrected chi connectivity index (χ4v) is 2.64. The van der Waals surface area contributed by atoms with Crippen LogP contribution in [0.5, 0.6) is 0 Å². The Morgan fingerprint density at radius 3 is 1.54 bits per heavy atom. The van der Waals surface area contributed by atoms with Crippen LogP contribution in [0.3, 0.4) is 0 Å². The van der Waals surface area contributed by atoms with Crippen LogP contribution in [0.4, 0.5) is 4.79 Å². The van der Waals surface area contributed by atoms with Crippen molar-refractivity contribution in [1.29, 1.82) is 0 Å². The standard InChI is InChI=1S/C25H30O3/c1-19-11-13-23(17-21(19)3)9-5-7-15-27-25(26)28-16-8-6-10-24-14-12-20(2)22(4)18-24/h5-6,9-14,17-18H,7-8,15-16H2,1-4H3. The first-order valence-corrected chi connectivity index (χ1v) is 9.73. The minimum Gasteiger partial charge on any atom is -0.434 e. The van der Waals surface area contributed by atoms with Crippen molar-refractivity contribution in [1.82, 2.24) is 0 Å². The molecule has 0 aromatic heterocycles. The molecule has 148 valence electrons. The summed E-state index contributed by atoms with van der Waals surface area (Å²) in [5, 5.41) is 0. The monoisotopic (exact) mass is 378 g/mol. The van der Waals surface area contributed by atoms with E-state index in [1.807, 2.05) is 24.3 Å². The van der Waals surface area contributed by atoms with E-state index in [0.29, 0.717) is 26.1 Å². The molecule has 0 aliphatic rings. The Hall–Kier alpha value is -2.81. The molecular weight excluding hydrogens is 348 g/mol. The van der Waals surface area contributed by atoms with Crippen LogP contribution >= 0.6 is 0 Å². The van der Waals surface area contributed by atoms with Crippen LogP contribution in [0, 0.1) is 27.7 Å². The summed E-state index contributed by atoms with van der Waals surface area (Å²) in [6, 6.07) is 12.7. The maximum absolute atomic E-state index is 11.6. The lowest BCUT2D eigenvalue weighted by molar-refractivity contribution is 0.0578. The molecule has 0 aliphatic carbocycles. The van der Waals surface area contributed by atoms with Gasteiger partial charge in [0.15, 0.2) is 0 Å². The maximum Gasteiger partial charge on any atom is 0.508 e. The van der Waals surface area contributed by atoms with Crippen LogP contribution in [0.25, 0.3) is 12.2 Å². The molecule has 0 aliphatic heterocycles. The second-order valence-corrected chi connectivity index (χ2v) is 7.02. The molecule has 28 heavy (non-hydrogen) atoms. The van der Waals surface area contributed by atoms with Gasteiger partial charge in [0.1, 0.15) is 0 Å². The van der Waals surface area contributed by atoms with Crippen molar-refractivity contribution >= 4 is 18.3 Å². The highest BCUT2D eigenvalue weighted by Crippen LogP contribution is 2.12. The van der Waals surface area contributed by atoms with Gasteiger partial charge in [-0.2, -0.15) is 0 Å². The molecule has 0 heterocycles. The lowest BCUT2D eigenvalue weighted by Crippen LogP contribution is -2.08. The molecule has 0 saturated carbocycles. The van der Waals surface area contributed by atoms with Crippen LogP contribution in [-0.2, 0) is 9.47 Å². The Bertz CT molecular complexity index is 777. The van der Waals surface area contributed by atoms with Gasteiger partial charge in [-0.15, -0.1) is 0 Å². The highest BCUT2D eigenvalue weighted by molar-refractivity contribution is 5.60. The summed E-state index contributed by atoms with van der Waals surface area (Å²) in [7, 11) is 0. The largest absolute Gasteiger partial charge is 0.508 e. The average Bonchev–Trinajstić information content (AvgIpc) is 2.67. The molecule has 0 saturated heterocycles. The Kier molecular flexibility index (Phi) is 8.54. The third-order valence-corrected chi connectivity index (χ3v) is 4.69. The van der Waals surface area contributed by atoms with Crippen molar-refractivity contribution in [2.24, 2.45) is 0 Å². The first kappa shape index (κ1) is 21.5. The predicted molar refractivity (Wildman–Crippen MR) is 116 cm³/mol. The van der Waals surface area contributed by atoms with Gasteiger partial charge in [0.05, 0.1) is 13.2 Å². The number of carbonyl (C=O) groups is 1. The summed E-state index contributed by atoms with van der Waals surface area (Å²) >= 11 is 0. The van der Waals surface area contributed by atoms with Crippen LogP contribution in [0.15, 0.2) is 48.6 Å². The van der Waals surface area contributed by atoms with E-state index in [-0.39, 0.29) is 0 Å². The molecular formula is C25H30O3. The van der Waals surface area contributed by atoms with Crippen molar-refractivity contribution in [2.45, 2.75) is 40.5 Å². The van der Waals surface area contributed by atoms with Crippen molar-refractivity contribution in [3.63, 3.8) is 0 Å². The molecule has 3 nitrogen and oxygen atoms in total. The van der Waals surface area contributed by atoms with E-state index in [2.05, 4.69) is 64.1 Å². The van der Waals surface area contributed by atoms with Gasteiger partial charge >= 0.3 is 6.16 Å². The van der Waals surface area contributed by atoms with Crippen LogP contribution in [-0.4, -0.2) is 19.4 Å². The third-order valence-electron chi connectivity index (χ3n) is 4.69. The molecule has 2 aromatic carbocycles. The molecule has 0 unspecified atom stereocenters. The summed E-state index contributed by atoms with van der Waals surface area (Å²) in [5.41, 5.74) is 7.42. The van der Waals surface area contributed by atoms with Crippen molar-refractivity contribution < 1.29 is 14.3 Å². The smallest absolute Gasteiger partial charge is 0.434 e. The topological polar surface area (TPSA) is 35.5 Å². The van der Waals surface area contributed by atoms with E-state index >= 15 is 0 Å². The van der Waals surface area contributed by atoms with E-state index in [0.717, 1.165) is 11.1 Å². The highest BCUT2D eigenvalue weighted by Gasteiger charge is 2.01. The van der Waals surface area contributed by atoms with Gasteiger partial charge in [-0.05, 0) is 61.1 Å². The summed E-state index contributed by atoms with van der Waals surface area (Å²) in [6.07, 6.45) is 8.80. The van der Waals surface area contributed by atoms with E-state index in [9.17, 15) is 4.79 Å². The quantitative estimate of drug-likeness (QED) is 0.384. The van der Waals surface area contributed by atoms with Gasteiger partial charge in [-0.3, -0.25) is 0 Å². The van der Waals surface area contributed by atoms with Gasteiger partial charge in [0.2, 0.25) is 0 Å². The molecule has 0 atom stereocenters. The number of rotatable bonds is 8. The zero-order valence-electron chi connectivity index (χ0n) is 17.3. The lowest BCUT2D eigenvalue weighted by Gasteiger charge is -2.04. The molecule has 0 radical (unpaired) electrons. The average molecular weight is 379 g/mol. The third kappa shape index (κ3) is 7.43. The van der Waals surface area contributed by atoms with E-state index in [4.69, 9.17) is 9.47 Å². The van der Waals surface area contributed by atoms with E-state index in [1.54, 1.807) is 0 Å². The molecule has 0 N–H and O–H groups in total. The Balaban J connectivity index is 1.59. The summed E-state index contributed by atoms with van der Waals surface area (Å²) in [4.78, 5) is 11.6. The Labute approximate surface area is 168 Å². The SMILES string of the molecule is Cc1ccc(C=CCCOC(=O)OCCC=Cc2ccc(C)c(C)c2)cc1C. The van der Waals surface area contributed by atoms with Crippen molar-refractivity contribution in [3.8, 4) is 0 Å². The molecule has 0 fully saturated rings.